The van der Waals surface area contributed by atoms with Crippen LogP contribution in [0, 0.1) is 0 Å². The number of hydrogen-bond acceptors (Lipinski definition) is 2. The topological polar surface area (TPSA) is 40.6 Å². The molecule has 0 aliphatic carbocycles. The molecule has 0 N–H and O–H groups in total. The summed E-state index contributed by atoms with van der Waals surface area (Å²) in [6.07, 6.45) is 0. The van der Waals surface area contributed by atoms with E-state index in [-0.39, 0.29) is 0 Å². The molecule has 0 saturated carbocycles. The number of carbonyl (C=O) groups is 2. The zero-order valence-corrected chi connectivity index (χ0v) is 12.9. The summed E-state index contributed by atoms with van der Waals surface area (Å²) in [5.74, 6) is -1.01. The third kappa shape index (κ3) is 3.73. The van der Waals surface area contributed by atoms with E-state index in [0.29, 0.717) is 18.8 Å². The molecule has 0 saturated heterocycles. The number of rotatable bonds is 4. The Morgan fingerprint density at radius 3 is 1.95 bits per heavy atom. The van der Waals surface area contributed by atoms with Crippen molar-refractivity contribution in [3.05, 3.63) is 66.2 Å². The maximum absolute atomic E-state index is 12.4. The lowest BCUT2D eigenvalue weighted by atomic mass is 10.2. The van der Waals surface area contributed by atoms with Gasteiger partial charge in [0.1, 0.15) is 0 Å². The molecule has 2 aromatic rings. The first-order valence-corrected chi connectivity index (χ1v) is 7.29. The molecule has 2 rings (SSSR count). The highest BCUT2D eigenvalue weighted by molar-refractivity contribution is 6.40. The van der Waals surface area contributed by atoms with E-state index in [2.05, 4.69) is 0 Å². The molecule has 0 aliphatic heterocycles. The molecule has 4 heteroatoms. The average molecular weight is 296 g/mol. The van der Waals surface area contributed by atoms with E-state index in [1.54, 1.807) is 24.1 Å². The third-order valence-corrected chi connectivity index (χ3v) is 3.52. The van der Waals surface area contributed by atoms with Gasteiger partial charge in [-0.3, -0.25) is 9.59 Å². The van der Waals surface area contributed by atoms with Crippen molar-refractivity contribution < 1.29 is 9.59 Å². The molecule has 0 heterocycles. The van der Waals surface area contributed by atoms with Gasteiger partial charge in [-0.15, -0.1) is 0 Å². The van der Waals surface area contributed by atoms with Crippen molar-refractivity contribution in [3.8, 4) is 0 Å². The number of amides is 2. The number of hydrogen-bond donors (Lipinski definition) is 0. The van der Waals surface area contributed by atoms with Gasteiger partial charge in [-0.05, 0) is 24.6 Å². The zero-order chi connectivity index (χ0) is 15.9. The lowest BCUT2D eigenvalue weighted by Crippen LogP contribution is -2.43. The van der Waals surface area contributed by atoms with Crippen molar-refractivity contribution in [2.45, 2.75) is 13.5 Å². The summed E-state index contributed by atoms with van der Waals surface area (Å²) in [6, 6.07) is 18.8. The Bertz CT molecular complexity index is 626. The molecule has 0 bridgehead atoms. The minimum Gasteiger partial charge on any atom is -0.330 e. The van der Waals surface area contributed by atoms with Gasteiger partial charge in [0, 0.05) is 25.8 Å². The highest BCUT2D eigenvalue weighted by Crippen LogP contribution is 2.13. The van der Waals surface area contributed by atoms with Crippen LogP contribution in [0.1, 0.15) is 12.5 Å². The SMILES string of the molecule is CCN(Cc1ccccc1)C(=O)C(=O)N(C)c1ccccc1. The zero-order valence-electron chi connectivity index (χ0n) is 12.9. The first-order valence-electron chi connectivity index (χ1n) is 7.29. The van der Waals surface area contributed by atoms with Gasteiger partial charge in [0.2, 0.25) is 0 Å². The number of para-hydroxylation sites is 1. The fourth-order valence-corrected chi connectivity index (χ4v) is 2.18. The van der Waals surface area contributed by atoms with Crippen LogP contribution in [0.15, 0.2) is 60.7 Å². The van der Waals surface area contributed by atoms with Crippen LogP contribution >= 0.6 is 0 Å². The monoisotopic (exact) mass is 296 g/mol. The van der Waals surface area contributed by atoms with Crippen LogP contribution < -0.4 is 4.90 Å². The highest BCUT2D eigenvalue weighted by Gasteiger charge is 2.24. The summed E-state index contributed by atoms with van der Waals surface area (Å²) in [5, 5.41) is 0. The van der Waals surface area contributed by atoms with Gasteiger partial charge in [0.15, 0.2) is 0 Å². The molecular formula is C18H20N2O2. The summed E-state index contributed by atoms with van der Waals surface area (Å²) < 4.78 is 0. The predicted octanol–water partition coefficient (Wildman–Crippen LogP) is 2.70. The number of benzene rings is 2. The molecule has 114 valence electrons. The molecule has 2 amide bonds. The Labute approximate surface area is 131 Å². The second kappa shape index (κ2) is 7.41. The smallest absolute Gasteiger partial charge is 0.316 e. The van der Waals surface area contributed by atoms with E-state index < -0.39 is 11.8 Å². The predicted molar refractivity (Wildman–Crippen MR) is 87.4 cm³/mol. The molecule has 0 radical (unpaired) electrons. The second-order valence-corrected chi connectivity index (χ2v) is 5.00. The van der Waals surface area contributed by atoms with Gasteiger partial charge in [-0.1, -0.05) is 48.5 Å². The van der Waals surface area contributed by atoms with Crippen LogP contribution in [0.4, 0.5) is 5.69 Å². The molecule has 0 atom stereocenters. The van der Waals surface area contributed by atoms with Crippen LogP contribution in [-0.4, -0.2) is 30.3 Å². The van der Waals surface area contributed by atoms with E-state index in [1.807, 2.05) is 55.5 Å². The number of carbonyl (C=O) groups excluding carboxylic acids is 2. The Morgan fingerprint density at radius 1 is 0.864 bits per heavy atom. The number of nitrogens with zero attached hydrogens (tertiary/aromatic N) is 2. The molecule has 0 spiro atoms. The molecule has 0 aliphatic rings. The van der Waals surface area contributed by atoms with Gasteiger partial charge >= 0.3 is 11.8 Å². The molecule has 0 unspecified atom stereocenters. The Balaban J connectivity index is 2.09. The summed E-state index contributed by atoms with van der Waals surface area (Å²) >= 11 is 0. The Morgan fingerprint density at radius 2 is 1.41 bits per heavy atom. The normalized spacial score (nSPS) is 10.1. The maximum Gasteiger partial charge on any atom is 0.316 e. The van der Waals surface area contributed by atoms with Crippen molar-refractivity contribution in [2.75, 3.05) is 18.5 Å². The largest absolute Gasteiger partial charge is 0.330 e. The quantitative estimate of drug-likeness (QED) is 0.814. The second-order valence-electron chi connectivity index (χ2n) is 5.00. The summed E-state index contributed by atoms with van der Waals surface area (Å²) in [5.41, 5.74) is 1.71. The first-order chi connectivity index (χ1) is 10.6. The summed E-state index contributed by atoms with van der Waals surface area (Å²) in [6.45, 7) is 2.79. The fraction of sp³-hybridized carbons (Fsp3) is 0.222. The first kappa shape index (κ1) is 15.8. The van der Waals surface area contributed by atoms with E-state index in [0.717, 1.165) is 5.56 Å². The lowest BCUT2D eigenvalue weighted by molar-refractivity contribution is -0.144. The van der Waals surface area contributed by atoms with Gasteiger partial charge in [0.05, 0.1) is 0 Å². The van der Waals surface area contributed by atoms with Crippen LogP contribution in [0.2, 0.25) is 0 Å². The summed E-state index contributed by atoms with van der Waals surface area (Å²) in [4.78, 5) is 27.7. The van der Waals surface area contributed by atoms with Gasteiger partial charge in [-0.2, -0.15) is 0 Å². The fourth-order valence-electron chi connectivity index (χ4n) is 2.18. The maximum atomic E-state index is 12.4. The van der Waals surface area contributed by atoms with E-state index in [4.69, 9.17) is 0 Å². The third-order valence-electron chi connectivity index (χ3n) is 3.52. The minimum absolute atomic E-state index is 0.435. The minimum atomic E-state index is -0.524. The molecule has 0 aromatic heterocycles. The standard InChI is InChI=1S/C18H20N2O2/c1-3-20(14-15-10-6-4-7-11-15)18(22)17(21)19(2)16-12-8-5-9-13-16/h4-13H,3,14H2,1-2H3. The van der Waals surface area contributed by atoms with Crippen molar-refractivity contribution in [1.82, 2.24) is 4.90 Å². The van der Waals surface area contributed by atoms with Gasteiger partial charge in [-0.25, -0.2) is 0 Å². The van der Waals surface area contributed by atoms with E-state index in [9.17, 15) is 9.59 Å². The summed E-state index contributed by atoms with van der Waals surface area (Å²) in [7, 11) is 1.62. The number of anilines is 1. The molecule has 2 aromatic carbocycles. The molecule has 22 heavy (non-hydrogen) atoms. The van der Waals surface area contributed by atoms with Crippen LogP contribution in [0.25, 0.3) is 0 Å². The Hall–Kier alpha value is -2.62. The van der Waals surface area contributed by atoms with Gasteiger partial charge in [0.25, 0.3) is 0 Å². The number of likely N-dealkylation sites (N-methyl/N-ethyl adjacent to an activating group) is 2. The van der Waals surface area contributed by atoms with Gasteiger partial charge < -0.3 is 9.80 Å². The van der Waals surface area contributed by atoms with Crippen LogP contribution in [0.3, 0.4) is 0 Å². The molecular weight excluding hydrogens is 276 g/mol. The van der Waals surface area contributed by atoms with E-state index in [1.165, 1.54) is 4.90 Å². The lowest BCUT2D eigenvalue weighted by Gasteiger charge is -2.24. The van der Waals surface area contributed by atoms with Crippen LogP contribution in [0.5, 0.6) is 0 Å². The average Bonchev–Trinajstić information content (AvgIpc) is 2.59. The van der Waals surface area contributed by atoms with Crippen molar-refractivity contribution in [2.24, 2.45) is 0 Å². The Kier molecular flexibility index (Phi) is 5.31. The van der Waals surface area contributed by atoms with Crippen molar-refractivity contribution in [1.29, 1.82) is 0 Å². The van der Waals surface area contributed by atoms with Crippen molar-refractivity contribution >= 4 is 17.5 Å². The van der Waals surface area contributed by atoms with Crippen molar-refractivity contribution in [3.63, 3.8) is 0 Å². The van der Waals surface area contributed by atoms with E-state index >= 15 is 0 Å². The molecule has 0 fully saturated rings. The van der Waals surface area contributed by atoms with Crippen LogP contribution in [-0.2, 0) is 16.1 Å². The molecule has 4 nitrogen and oxygen atoms in total. The highest BCUT2D eigenvalue weighted by atomic mass is 16.2.